The van der Waals surface area contributed by atoms with E-state index in [2.05, 4.69) is 20.7 Å². The zero-order valence-corrected chi connectivity index (χ0v) is 20.0. The number of benzene rings is 1. The molecule has 4 N–H and O–H groups in total. The van der Waals surface area contributed by atoms with Crippen LogP contribution in [0.1, 0.15) is 45.2 Å². The molecule has 33 heavy (non-hydrogen) atoms. The van der Waals surface area contributed by atoms with Crippen LogP contribution in [0.5, 0.6) is 5.75 Å². The highest BCUT2D eigenvalue weighted by Gasteiger charge is 2.23. The summed E-state index contributed by atoms with van der Waals surface area (Å²) < 4.78 is 10.2. The summed E-state index contributed by atoms with van der Waals surface area (Å²) in [4.78, 5) is 4.57. The molecule has 0 aliphatic heterocycles. The van der Waals surface area contributed by atoms with Crippen molar-refractivity contribution in [3.63, 3.8) is 0 Å². The minimum absolute atomic E-state index is 0.167. The van der Waals surface area contributed by atoms with E-state index in [1.165, 1.54) is 0 Å². The Balaban J connectivity index is 1.49. The van der Waals surface area contributed by atoms with Crippen LogP contribution in [0.3, 0.4) is 0 Å². The highest BCUT2D eigenvalue weighted by Crippen LogP contribution is 2.32. The zero-order chi connectivity index (χ0) is 23.5. The first-order valence-corrected chi connectivity index (χ1v) is 11.8. The standard InChI is InChI=1S/C24H36N6O3/c1-15-9-23(28-30(15)13-17(3)32)27-21-10-20(11-22-24(21)26-14-29(22)4)33-19-7-5-18(6-8-19)25-12-16(2)31/h9-11,14,16-19,25,31-32H,5-8,12-13H2,1-4H3,(H,27,28)/t16-,17?,18?,19?/m0/s1. The van der Waals surface area contributed by atoms with E-state index in [1.807, 2.05) is 36.7 Å². The largest absolute Gasteiger partial charge is 0.490 e. The van der Waals surface area contributed by atoms with Crippen LogP contribution in [-0.2, 0) is 13.6 Å². The van der Waals surface area contributed by atoms with Crippen molar-refractivity contribution >= 4 is 22.5 Å². The van der Waals surface area contributed by atoms with Crippen molar-refractivity contribution in [3.8, 4) is 5.75 Å². The predicted octanol–water partition coefficient (Wildman–Crippen LogP) is 2.86. The molecule has 1 saturated carbocycles. The zero-order valence-electron chi connectivity index (χ0n) is 20.0. The van der Waals surface area contributed by atoms with Crippen LogP contribution < -0.4 is 15.4 Å². The maximum absolute atomic E-state index is 9.71. The normalized spacial score (nSPS) is 20.7. The van der Waals surface area contributed by atoms with Crippen LogP contribution in [0.15, 0.2) is 24.5 Å². The fraction of sp³-hybridized carbons (Fsp3) is 0.583. The lowest BCUT2D eigenvalue weighted by molar-refractivity contribution is 0.131. The van der Waals surface area contributed by atoms with Crippen molar-refractivity contribution < 1.29 is 14.9 Å². The van der Waals surface area contributed by atoms with Crippen LogP contribution in [0.2, 0.25) is 0 Å². The fourth-order valence-corrected chi connectivity index (χ4v) is 4.43. The molecule has 9 nitrogen and oxygen atoms in total. The number of hydrogen-bond donors (Lipinski definition) is 4. The van der Waals surface area contributed by atoms with Gasteiger partial charge in [-0.3, -0.25) is 4.68 Å². The summed E-state index contributed by atoms with van der Waals surface area (Å²) in [7, 11) is 1.98. The number of aromatic nitrogens is 4. The average Bonchev–Trinajstić information content (AvgIpc) is 3.29. The molecule has 0 spiro atoms. The predicted molar refractivity (Wildman–Crippen MR) is 129 cm³/mol. The molecule has 0 radical (unpaired) electrons. The van der Waals surface area contributed by atoms with Crippen LogP contribution in [0.4, 0.5) is 11.5 Å². The van der Waals surface area contributed by atoms with Gasteiger partial charge in [-0.1, -0.05) is 0 Å². The lowest BCUT2D eigenvalue weighted by Gasteiger charge is -2.30. The number of imidazole rings is 1. The number of ether oxygens (including phenoxy) is 1. The van der Waals surface area contributed by atoms with Gasteiger partial charge in [-0.25, -0.2) is 4.98 Å². The van der Waals surface area contributed by atoms with Gasteiger partial charge in [-0.2, -0.15) is 5.10 Å². The number of rotatable bonds is 9. The van der Waals surface area contributed by atoms with Gasteiger partial charge in [0.1, 0.15) is 11.3 Å². The van der Waals surface area contributed by atoms with Gasteiger partial charge in [-0.05, 0) is 46.5 Å². The number of hydrogen-bond acceptors (Lipinski definition) is 7. The summed E-state index contributed by atoms with van der Waals surface area (Å²) >= 11 is 0. The number of nitrogens with zero attached hydrogens (tertiary/aromatic N) is 4. The highest BCUT2D eigenvalue weighted by molar-refractivity contribution is 5.91. The van der Waals surface area contributed by atoms with Gasteiger partial charge in [0, 0.05) is 43.5 Å². The van der Waals surface area contributed by atoms with E-state index >= 15 is 0 Å². The van der Waals surface area contributed by atoms with Gasteiger partial charge < -0.3 is 30.2 Å². The van der Waals surface area contributed by atoms with E-state index in [-0.39, 0.29) is 12.2 Å². The van der Waals surface area contributed by atoms with Crippen LogP contribution in [-0.4, -0.2) is 60.4 Å². The number of nitrogens with one attached hydrogen (secondary N) is 2. The molecule has 0 bridgehead atoms. The van der Waals surface area contributed by atoms with Crippen molar-refractivity contribution in [1.82, 2.24) is 24.6 Å². The Bertz CT molecular complexity index is 1070. The third-order valence-electron chi connectivity index (χ3n) is 6.16. The highest BCUT2D eigenvalue weighted by atomic mass is 16.5. The van der Waals surface area contributed by atoms with E-state index in [1.54, 1.807) is 24.9 Å². The summed E-state index contributed by atoms with van der Waals surface area (Å²) in [5, 5.41) is 30.6. The molecule has 2 atom stereocenters. The molecule has 180 valence electrons. The van der Waals surface area contributed by atoms with Crippen molar-refractivity contribution in [2.24, 2.45) is 7.05 Å². The lowest BCUT2D eigenvalue weighted by Crippen LogP contribution is -2.39. The Hall–Kier alpha value is -2.62. The Morgan fingerprint density at radius 2 is 1.88 bits per heavy atom. The quantitative estimate of drug-likeness (QED) is 0.392. The first kappa shape index (κ1) is 23.5. The molecule has 1 fully saturated rings. The molecule has 1 unspecified atom stereocenters. The van der Waals surface area contributed by atoms with Crippen LogP contribution >= 0.6 is 0 Å². The smallest absolute Gasteiger partial charge is 0.152 e. The maximum Gasteiger partial charge on any atom is 0.152 e. The average molecular weight is 457 g/mol. The molecule has 2 heterocycles. The molecule has 9 heteroatoms. The molecule has 3 aromatic rings. The molecule has 0 amide bonds. The van der Waals surface area contributed by atoms with Gasteiger partial charge in [0.15, 0.2) is 5.82 Å². The molecular weight excluding hydrogens is 420 g/mol. The third-order valence-corrected chi connectivity index (χ3v) is 6.16. The summed E-state index contributed by atoms with van der Waals surface area (Å²) in [5.74, 6) is 1.52. The Kier molecular flexibility index (Phi) is 7.21. The van der Waals surface area contributed by atoms with Gasteiger partial charge in [0.2, 0.25) is 0 Å². The topological polar surface area (TPSA) is 109 Å². The molecule has 1 aromatic carbocycles. The van der Waals surface area contributed by atoms with E-state index in [0.29, 0.717) is 24.9 Å². The molecule has 1 aliphatic rings. The first-order chi connectivity index (χ1) is 15.8. The monoisotopic (exact) mass is 456 g/mol. The van der Waals surface area contributed by atoms with Crippen molar-refractivity contribution in [3.05, 3.63) is 30.2 Å². The molecule has 1 aliphatic carbocycles. The number of aliphatic hydroxyl groups excluding tert-OH is 2. The molecule has 4 rings (SSSR count). The molecule has 2 aromatic heterocycles. The SMILES string of the molecule is Cc1cc(Nc2cc(OC3CCC(NC[C@H](C)O)CC3)cc3c2ncn3C)nn1CC(C)O. The third kappa shape index (κ3) is 5.85. The maximum atomic E-state index is 9.71. The summed E-state index contributed by atoms with van der Waals surface area (Å²) in [6.45, 7) is 6.62. The van der Waals surface area contributed by atoms with Crippen molar-refractivity contribution in [2.75, 3.05) is 11.9 Å². The Morgan fingerprint density at radius 3 is 2.58 bits per heavy atom. The van der Waals surface area contributed by atoms with E-state index in [0.717, 1.165) is 53.8 Å². The molecule has 0 saturated heterocycles. The summed E-state index contributed by atoms with van der Waals surface area (Å²) in [5.41, 5.74) is 3.67. The summed E-state index contributed by atoms with van der Waals surface area (Å²) in [6.07, 6.45) is 5.22. The number of aryl methyl sites for hydroxylation is 2. The fourth-order valence-electron chi connectivity index (χ4n) is 4.43. The second-order valence-corrected chi connectivity index (χ2v) is 9.37. The number of fused-ring (bicyclic) bond motifs is 1. The second kappa shape index (κ2) is 10.1. The lowest BCUT2D eigenvalue weighted by atomic mass is 9.93. The summed E-state index contributed by atoms with van der Waals surface area (Å²) in [6, 6.07) is 6.45. The van der Waals surface area contributed by atoms with Gasteiger partial charge in [-0.15, -0.1) is 0 Å². The second-order valence-electron chi connectivity index (χ2n) is 9.37. The van der Waals surface area contributed by atoms with E-state index in [4.69, 9.17) is 4.74 Å². The number of anilines is 2. The number of aliphatic hydroxyl groups is 2. The Labute approximate surface area is 194 Å². The molecular formula is C24H36N6O3. The van der Waals surface area contributed by atoms with Crippen LogP contribution in [0, 0.1) is 6.92 Å². The Morgan fingerprint density at radius 1 is 1.12 bits per heavy atom. The van der Waals surface area contributed by atoms with Crippen LogP contribution in [0.25, 0.3) is 11.0 Å². The first-order valence-electron chi connectivity index (χ1n) is 11.8. The minimum Gasteiger partial charge on any atom is -0.490 e. The van der Waals surface area contributed by atoms with E-state index < -0.39 is 6.10 Å². The van der Waals surface area contributed by atoms with E-state index in [9.17, 15) is 10.2 Å². The minimum atomic E-state index is -0.465. The van der Waals surface area contributed by atoms with Gasteiger partial charge in [0.05, 0.1) is 42.4 Å². The van der Waals surface area contributed by atoms with Crippen molar-refractivity contribution in [1.29, 1.82) is 0 Å². The van der Waals surface area contributed by atoms with Gasteiger partial charge in [0.25, 0.3) is 0 Å². The van der Waals surface area contributed by atoms with Gasteiger partial charge >= 0.3 is 0 Å². The van der Waals surface area contributed by atoms with Crippen molar-refractivity contribution in [2.45, 2.75) is 77.4 Å².